The third kappa shape index (κ3) is 3.58. The Balaban J connectivity index is 1.47. The van der Waals surface area contributed by atoms with Gasteiger partial charge < -0.3 is 31.4 Å². The topological polar surface area (TPSA) is 147 Å². The van der Waals surface area contributed by atoms with E-state index in [1.54, 1.807) is 6.07 Å². The van der Waals surface area contributed by atoms with Crippen molar-refractivity contribution in [1.82, 2.24) is 20.6 Å². The number of aromatic nitrogens is 2. The van der Waals surface area contributed by atoms with Gasteiger partial charge in [0.2, 0.25) is 5.54 Å². The van der Waals surface area contributed by atoms with Crippen LogP contribution in [0.4, 0.5) is 5.69 Å². The lowest BCUT2D eigenvalue weighted by Crippen LogP contribution is -2.59. The van der Waals surface area contributed by atoms with Crippen molar-refractivity contribution >= 4 is 34.9 Å². The van der Waals surface area contributed by atoms with Crippen molar-refractivity contribution in [1.29, 1.82) is 0 Å². The Bertz CT molecular complexity index is 1280. The summed E-state index contributed by atoms with van der Waals surface area (Å²) in [7, 11) is 0. The fraction of sp³-hybridized carbons (Fsp3) is 0.304. The summed E-state index contributed by atoms with van der Waals surface area (Å²) in [5.74, 6) is -0.330. The SMILES string of the molecule is Cc1ccc(NC(=O)C2N=CNC2(C(N)=O)c2nc3ccc(OC4CNC4)cc3[nH]2)c(C)c1. The predicted octanol–water partition coefficient (Wildman–Crippen LogP) is 0.850. The summed E-state index contributed by atoms with van der Waals surface area (Å²) in [6.45, 7) is 5.48. The number of nitrogens with one attached hydrogen (secondary N) is 4. The van der Waals surface area contributed by atoms with Crippen molar-refractivity contribution in [3.05, 3.63) is 53.3 Å². The van der Waals surface area contributed by atoms with Gasteiger partial charge in [-0.15, -0.1) is 0 Å². The molecule has 6 N–H and O–H groups in total. The van der Waals surface area contributed by atoms with Crippen molar-refractivity contribution < 1.29 is 14.3 Å². The lowest BCUT2D eigenvalue weighted by molar-refractivity contribution is -0.129. The number of carbonyl (C=O) groups excluding carboxylic acids is 2. The van der Waals surface area contributed by atoms with Crippen molar-refractivity contribution in [2.45, 2.75) is 31.5 Å². The molecule has 10 heteroatoms. The molecule has 2 atom stereocenters. The summed E-state index contributed by atoms with van der Waals surface area (Å²) in [6, 6.07) is 9.98. The quantitative estimate of drug-likeness (QED) is 0.379. The van der Waals surface area contributed by atoms with E-state index in [0.29, 0.717) is 22.5 Å². The van der Waals surface area contributed by atoms with Crippen LogP contribution >= 0.6 is 0 Å². The predicted molar refractivity (Wildman–Crippen MR) is 124 cm³/mol. The zero-order valence-corrected chi connectivity index (χ0v) is 18.3. The highest BCUT2D eigenvalue weighted by molar-refractivity contribution is 6.05. The second-order valence-corrected chi connectivity index (χ2v) is 8.47. The number of amides is 2. The Kier molecular flexibility index (Phi) is 5.01. The first-order valence-corrected chi connectivity index (χ1v) is 10.7. The lowest BCUT2D eigenvalue weighted by Gasteiger charge is -2.28. The molecule has 33 heavy (non-hydrogen) atoms. The van der Waals surface area contributed by atoms with Crippen LogP contribution in [0.1, 0.15) is 17.0 Å². The zero-order valence-electron chi connectivity index (χ0n) is 18.3. The van der Waals surface area contributed by atoms with Crippen LogP contribution in [0.2, 0.25) is 0 Å². The number of rotatable bonds is 6. The normalized spacial score (nSPS) is 22.1. The number of primary amides is 1. The number of H-pyrrole nitrogens is 1. The Morgan fingerprint density at radius 2 is 2.00 bits per heavy atom. The minimum atomic E-state index is -1.65. The Labute approximate surface area is 190 Å². The van der Waals surface area contributed by atoms with Gasteiger partial charge in [0.05, 0.1) is 17.4 Å². The molecule has 0 radical (unpaired) electrons. The molecule has 170 valence electrons. The molecule has 0 saturated carbocycles. The number of anilines is 1. The summed E-state index contributed by atoms with van der Waals surface area (Å²) < 4.78 is 5.90. The minimum absolute atomic E-state index is 0.130. The van der Waals surface area contributed by atoms with Gasteiger partial charge in [0.1, 0.15) is 17.7 Å². The maximum Gasteiger partial charge on any atom is 0.253 e. The number of ether oxygens (including phenoxy) is 1. The number of fused-ring (bicyclic) bond motifs is 1. The molecule has 3 heterocycles. The molecular weight excluding hydrogens is 422 g/mol. The summed E-state index contributed by atoms with van der Waals surface area (Å²) >= 11 is 0. The number of nitrogens with two attached hydrogens (primary N) is 1. The van der Waals surface area contributed by atoms with Crippen LogP contribution in [0.5, 0.6) is 5.75 Å². The van der Waals surface area contributed by atoms with E-state index in [9.17, 15) is 9.59 Å². The summed E-state index contributed by atoms with van der Waals surface area (Å²) in [5, 5.41) is 8.92. The molecule has 1 saturated heterocycles. The van der Waals surface area contributed by atoms with E-state index >= 15 is 0 Å². The largest absolute Gasteiger partial charge is 0.488 e. The third-order valence-corrected chi connectivity index (χ3v) is 6.08. The van der Waals surface area contributed by atoms with Gasteiger partial charge in [-0.05, 0) is 37.6 Å². The van der Waals surface area contributed by atoms with Gasteiger partial charge in [-0.1, -0.05) is 17.7 Å². The van der Waals surface area contributed by atoms with Crippen molar-refractivity contribution in [3.63, 3.8) is 0 Å². The molecular formula is C23H25N7O3. The van der Waals surface area contributed by atoms with E-state index in [4.69, 9.17) is 10.5 Å². The van der Waals surface area contributed by atoms with Crippen molar-refractivity contribution in [2.24, 2.45) is 10.7 Å². The molecule has 2 aliphatic rings. The maximum atomic E-state index is 13.2. The summed E-state index contributed by atoms with van der Waals surface area (Å²) in [5.41, 5.74) is 8.08. The second-order valence-electron chi connectivity index (χ2n) is 8.47. The van der Waals surface area contributed by atoms with Gasteiger partial charge in [0.25, 0.3) is 11.8 Å². The van der Waals surface area contributed by atoms with Gasteiger partial charge in [-0.2, -0.15) is 0 Å². The highest BCUT2D eigenvalue weighted by Gasteiger charge is 2.54. The first-order valence-electron chi connectivity index (χ1n) is 10.7. The smallest absolute Gasteiger partial charge is 0.253 e. The van der Waals surface area contributed by atoms with Crippen LogP contribution in [0.15, 0.2) is 41.4 Å². The van der Waals surface area contributed by atoms with Gasteiger partial charge >= 0.3 is 0 Å². The molecule has 10 nitrogen and oxygen atoms in total. The van der Waals surface area contributed by atoms with Crippen molar-refractivity contribution in [2.75, 3.05) is 18.4 Å². The second kappa shape index (κ2) is 7.89. The Hall–Kier alpha value is -3.92. The summed E-state index contributed by atoms with van der Waals surface area (Å²) in [4.78, 5) is 37.9. The molecule has 5 rings (SSSR count). The highest BCUT2D eigenvalue weighted by atomic mass is 16.5. The number of nitrogens with zero attached hydrogens (tertiary/aromatic N) is 2. The van der Waals surface area contributed by atoms with E-state index in [2.05, 4.69) is 30.9 Å². The minimum Gasteiger partial charge on any atom is -0.488 e. The van der Waals surface area contributed by atoms with Crippen LogP contribution < -0.4 is 26.4 Å². The van der Waals surface area contributed by atoms with Crippen LogP contribution in [0, 0.1) is 13.8 Å². The van der Waals surface area contributed by atoms with Crippen LogP contribution in [-0.4, -0.2) is 53.4 Å². The summed E-state index contributed by atoms with van der Waals surface area (Å²) in [6.07, 6.45) is 1.45. The maximum absolute atomic E-state index is 13.2. The van der Waals surface area contributed by atoms with Gasteiger partial charge in [0, 0.05) is 24.8 Å². The molecule has 3 aromatic rings. The van der Waals surface area contributed by atoms with E-state index in [-0.39, 0.29) is 11.9 Å². The fourth-order valence-corrected chi connectivity index (χ4v) is 4.13. The average Bonchev–Trinajstić information content (AvgIpc) is 3.37. The third-order valence-electron chi connectivity index (χ3n) is 6.08. The fourth-order valence-electron chi connectivity index (χ4n) is 4.13. The molecule has 2 aromatic carbocycles. The number of hydrogen-bond donors (Lipinski definition) is 5. The number of hydrogen-bond acceptors (Lipinski definition) is 7. The first-order chi connectivity index (χ1) is 15.9. The standard InChI is InChI=1S/C23H25N7O3/c1-12-3-5-16(13(2)7-12)28-20(31)19-23(21(24)32,27-11-26-19)22-29-17-6-4-14(8-18(17)30-22)33-15-9-25-10-15/h3-8,11,15,19,25H,9-10H2,1-2H3,(H2,24,32)(H,26,27)(H,28,31)(H,29,30). The molecule has 1 aromatic heterocycles. The molecule has 0 aliphatic carbocycles. The molecule has 2 unspecified atom stereocenters. The number of aryl methyl sites for hydroxylation is 2. The van der Waals surface area contributed by atoms with E-state index in [1.807, 2.05) is 44.2 Å². The monoisotopic (exact) mass is 447 g/mol. The number of benzene rings is 2. The van der Waals surface area contributed by atoms with E-state index < -0.39 is 23.4 Å². The van der Waals surface area contributed by atoms with Crippen LogP contribution in [-0.2, 0) is 15.1 Å². The number of carbonyl (C=O) groups is 2. The molecule has 2 amide bonds. The molecule has 0 bridgehead atoms. The number of aromatic amines is 1. The van der Waals surface area contributed by atoms with Gasteiger partial charge in [-0.25, -0.2) is 4.98 Å². The first kappa shape index (κ1) is 21.0. The molecule has 2 aliphatic heterocycles. The Morgan fingerprint density at radius 1 is 1.18 bits per heavy atom. The zero-order chi connectivity index (χ0) is 23.2. The van der Waals surface area contributed by atoms with Crippen LogP contribution in [0.3, 0.4) is 0 Å². The van der Waals surface area contributed by atoms with Crippen molar-refractivity contribution in [3.8, 4) is 5.75 Å². The number of imidazole rings is 1. The average molecular weight is 447 g/mol. The van der Waals surface area contributed by atoms with E-state index in [1.165, 1.54) is 6.34 Å². The van der Waals surface area contributed by atoms with Crippen LogP contribution in [0.25, 0.3) is 11.0 Å². The molecule has 1 fully saturated rings. The van der Waals surface area contributed by atoms with Gasteiger partial charge in [0.15, 0.2) is 6.04 Å². The number of aliphatic imine (C=N–C) groups is 1. The van der Waals surface area contributed by atoms with Gasteiger partial charge in [-0.3, -0.25) is 14.6 Å². The molecule has 0 spiro atoms. The van der Waals surface area contributed by atoms with E-state index in [0.717, 1.165) is 24.2 Å². The Morgan fingerprint density at radius 3 is 2.70 bits per heavy atom. The highest BCUT2D eigenvalue weighted by Crippen LogP contribution is 2.32. The lowest BCUT2D eigenvalue weighted by atomic mass is 9.88.